The Bertz CT molecular complexity index is 242. The van der Waals surface area contributed by atoms with Gasteiger partial charge in [-0.25, -0.2) is 0 Å². The van der Waals surface area contributed by atoms with Gasteiger partial charge >= 0.3 is 29.0 Å². The molecule has 0 aromatic heterocycles. The smallest absolute Gasteiger partial charge is 1.00 e. The zero-order valence-corrected chi connectivity index (χ0v) is 16.2. The molecule has 130 valence electrons. The van der Waals surface area contributed by atoms with Gasteiger partial charge in [0.1, 0.15) is 0 Å². The second-order valence-electron chi connectivity index (χ2n) is 6.58. The van der Waals surface area contributed by atoms with Gasteiger partial charge in [0.2, 0.25) is 0 Å². The third-order valence-electron chi connectivity index (χ3n) is 4.37. The van der Waals surface area contributed by atoms with Crippen LogP contribution in [0, 0.1) is 0 Å². The van der Waals surface area contributed by atoms with Crippen LogP contribution in [-0.4, -0.2) is 34.1 Å². The third-order valence-corrected chi connectivity index (χ3v) is 4.37. The van der Waals surface area contributed by atoms with Crippen molar-refractivity contribution >= 4 is 23.1 Å². The molecule has 0 aromatic rings. The minimum absolute atomic E-state index is 0. The topological polar surface area (TPSA) is 45.3 Å². The van der Waals surface area contributed by atoms with Crippen LogP contribution in [0.3, 0.4) is 0 Å². The molecule has 0 bridgehead atoms. The van der Waals surface area contributed by atoms with Crippen LogP contribution in [-0.2, 0) is 9.78 Å². The quantitative estimate of drug-likeness (QED) is 0.171. The maximum atomic E-state index is 9.29. The largest absolute Gasteiger partial charge is 2.00 e. The molecule has 0 aliphatic carbocycles. The number of hydrogen-bond acceptors (Lipinski definition) is 3. The molecule has 0 radical (unpaired) electrons. The first-order chi connectivity index (χ1) is 10.3. The number of rotatable bonds is 16. The first kappa shape index (κ1) is 22.6. The SMILES string of the molecule is CCCCCCCCCCCCCCCCCC1(O)OO1.[H-].[H-].[Mg+2]. The molecule has 0 aromatic carbocycles. The summed E-state index contributed by atoms with van der Waals surface area (Å²) in [6, 6.07) is 0. The standard InChI is InChI=1S/C18H36O3.Mg.2H/c1-2-3-4-5-6-7-8-9-10-11-12-13-14-15-16-17-18(19)20-21-18;;;/h19H,2-17H2,1H3;;;/q;+2;2*-1. The fourth-order valence-electron chi connectivity index (χ4n) is 2.85. The van der Waals surface area contributed by atoms with E-state index in [0.29, 0.717) is 6.42 Å². The van der Waals surface area contributed by atoms with Crippen molar-refractivity contribution in [2.24, 2.45) is 0 Å². The maximum Gasteiger partial charge on any atom is 2.00 e. The monoisotopic (exact) mass is 326 g/mol. The van der Waals surface area contributed by atoms with Crippen molar-refractivity contribution in [2.45, 2.75) is 116 Å². The Balaban J connectivity index is -0.00000147. The van der Waals surface area contributed by atoms with E-state index in [1.165, 1.54) is 89.9 Å². The van der Waals surface area contributed by atoms with E-state index < -0.39 is 5.97 Å². The fraction of sp³-hybridized carbons (Fsp3) is 1.00. The molecule has 0 spiro atoms. The zero-order chi connectivity index (χ0) is 15.2. The molecule has 22 heavy (non-hydrogen) atoms. The summed E-state index contributed by atoms with van der Waals surface area (Å²) in [7, 11) is 0. The van der Waals surface area contributed by atoms with Crippen molar-refractivity contribution in [3.63, 3.8) is 0 Å². The molecule has 1 fully saturated rings. The average molecular weight is 327 g/mol. The number of aliphatic hydroxyl groups is 1. The Hall–Kier alpha value is 0.646. The van der Waals surface area contributed by atoms with Gasteiger partial charge in [-0.3, -0.25) is 0 Å². The molecule has 1 saturated heterocycles. The molecule has 3 nitrogen and oxygen atoms in total. The van der Waals surface area contributed by atoms with Crippen LogP contribution in [0.4, 0.5) is 0 Å². The van der Waals surface area contributed by atoms with E-state index in [0.717, 1.165) is 6.42 Å². The summed E-state index contributed by atoms with van der Waals surface area (Å²) < 4.78 is 0. The van der Waals surface area contributed by atoms with E-state index in [1.807, 2.05) is 0 Å². The van der Waals surface area contributed by atoms with Crippen molar-refractivity contribution in [2.75, 3.05) is 0 Å². The number of hydrogen-bond donors (Lipinski definition) is 1. The van der Waals surface area contributed by atoms with Crippen LogP contribution in [0.2, 0.25) is 0 Å². The van der Waals surface area contributed by atoms with Crippen LogP contribution in [0.15, 0.2) is 0 Å². The first-order valence-electron chi connectivity index (χ1n) is 9.36. The van der Waals surface area contributed by atoms with E-state index in [-0.39, 0.29) is 25.9 Å². The van der Waals surface area contributed by atoms with Gasteiger partial charge in [-0.2, -0.15) is 9.78 Å². The molecular formula is C18H38MgO3. The minimum Gasteiger partial charge on any atom is -1.00 e. The van der Waals surface area contributed by atoms with Crippen LogP contribution >= 0.6 is 0 Å². The van der Waals surface area contributed by atoms with Crippen LogP contribution < -0.4 is 0 Å². The van der Waals surface area contributed by atoms with Crippen molar-refractivity contribution in [3.05, 3.63) is 0 Å². The van der Waals surface area contributed by atoms with Crippen molar-refractivity contribution in [1.82, 2.24) is 0 Å². The zero-order valence-electron chi connectivity index (χ0n) is 16.8. The first-order valence-corrected chi connectivity index (χ1v) is 9.36. The maximum absolute atomic E-state index is 9.29. The summed E-state index contributed by atoms with van der Waals surface area (Å²) in [6.45, 7) is 2.28. The Morgan fingerprint density at radius 1 is 0.636 bits per heavy atom. The average Bonchev–Trinajstić information content (AvgIpc) is 3.21. The molecule has 0 amide bonds. The summed E-state index contributed by atoms with van der Waals surface area (Å²) in [5.74, 6) is -1.21. The Labute approximate surface area is 156 Å². The van der Waals surface area contributed by atoms with Crippen molar-refractivity contribution in [1.29, 1.82) is 0 Å². The van der Waals surface area contributed by atoms with Gasteiger partial charge in [-0.1, -0.05) is 96.8 Å². The molecule has 0 unspecified atom stereocenters. The van der Waals surface area contributed by atoms with E-state index in [1.54, 1.807) is 0 Å². The fourth-order valence-corrected chi connectivity index (χ4v) is 2.85. The molecular weight excluding hydrogens is 288 g/mol. The summed E-state index contributed by atoms with van der Waals surface area (Å²) in [5.41, 5.74) is 0. The molecule has 4 heteroatoms. The molecule has 1 rings (SSSR count). The van der Waals surface area contributed by atoms with E-state index in [2.05, 4.69) is 16.7 Å². The van der Waals surface area contributed by atoms with Crippen molar-refractivity contribution in [3.8, 4) is 0 Å². The van der Waals surface area contributed by atoms with Crippen LogP contribution in [0.25, 0.3) is 0 Å². The molecule has 1 aliphatic rings. The second-order valence-corrected chi connectivity index (χ2v) is 6.58. The molecule has 1 heterocycles. The summed E-state index contributed by atoms with van der Waals surface area (Å²) >= 11 is 0. The van der Waals surface area contributed by atoms with Crippen LogP contribution in [0.5, 0.6) is 0 Å². The van der Waals surface area contributed by atoms with Crippen molar-refractivity contribution < 1.29 is 17.7 Å². The molecule has 0 saturated carbocycles. The van der Waals surface area contributed by atoms with Gasteiger partial charge in [0.25, 0.3) is 0 Å². The third kappa shape index (κ3) is 14.3. The predicted molar refractivity (Wildman–Crippen MR) is 94.6 cm³/mol. The Kier molecular flexibility index (Phi) is 15.6. The van der Waals surface area contributed by atoms with Crippen LogP contribution in [0.1, 0.15) is 113 Å². The second kappa shape index (κ2) is 15.2. The van der Waals surface area contributed by atoms with E-state index in [9.17, 15) is 5.11 Å². The van der Waals surface area contributed by atoms with Gasteiger partial charge in [-0.15, -0.1) is 0 Å². The molecule has 0 atom stereocenters. The van der Waals surface area contributed by atoms with Gasteiger partial charge in [0.15, 0.2) is 0 Å². The Morgan fingerprint density at radius 3 is 1.27 bits per heavy atom. The summed E-state index contributed by atoms with van der Waals surface area (Å²) in [4.78, 5) is 8.94. The van der Waals surface area contributed by atoms with Gasteiger partial charge in [-0.05, 0) is 6.42 Å². The molecule has 1 aliphatic heterocycles. The number of unbranched alkanes of at least 4 members (excludes halogenated alkanes) is 14. The Morgan fingerprint density at radius 2 is 0.955 bits per heavy atom. The van der Waals surface area contributed by atoms with Gasteiger partial charge < -0.3 is 7.96 Å². The predicted octanol–water partition coefficient (Wildman–Crippen LogP) is 5.70. The van der Waals surface area contributed by atoms with Gasteiger partial charge in [0.05, 0.1) is 0 Å². The minimum atomic E-state index is -1.21. The summed E-state index contributed by atoms with van der Waals surface area (Å²) in [5, 5.41) is 9.29. The van der Waals surface area contributed by atoms with E-state index >= 15 is 0 Å². The van der Waals surface area contributed by atoms with E-state index in [4.69, 9.17) is 0 Å². The normalized spacial score (nSPS) is 15.5. The van der Waals surface area contributed by atoms with Gasteiger partial charge in [0, 0.05) is 6.42 Å². The summed E-state index contributed by atoms with van der Waals surface area (Å²) in [6.07, 6.45) is 21.0. The molecule has 1 N–H and O–H groups in total.